The third kappa shape index (κ3) is 4.40. The van der Waals surface area contributed by atoms with E-state index >= 15 is 0 Å². The Morgan fingerprint density at radius 3 is 2.37 bits per heavy atom. The molecule has 2 aromatic carbocycles. The van der Waals surface area contributed by atoms with Crippen LogP contribution in [0.25, 0.3) is 5.69 Å². The molecule has 0 N–H and O–H groups in total. The average molecular weight is 403 g/mol. The fourth-order valence-corrected chi connectivity index (χ4v) is 3.59. The maximum atomic E-state index is 13.3. The summed E-state index contributed by atoms with van der Waals surface area (Å²) in [5.41, 5.74) is 2.77. The molecule has 154 valence electrons. The van der Waals surface area contributed by atoms with Gasteiger partial charge in [-0.25, -0.2) is 4.68 Å². The van der Waals surface area contributed by atoms with Crippen LogP contribution < -0.4 is 4.90 Å². The molecule has 1 aliphatic rings. The Hall–Kier alpha value is -3.48. The standard InChI is InChI=1S/C23H25N5O2/c1-18-10-12-19(13-11-18)27(17-22(29)26-14-6-3-7-15-26)23(30)21-16-28(25-24-21)20-8-4-2-5-9-20/h2,4-5,8-13,16H,3,6-7,14-15,17H2,1H3. The lowest BCUT2D eigenvalue weighted by atomic mass is 10.1. The minimum atomic E-state index is -0.341. The maximum absolute atomic E-state index is 13.3. The average Bonchev–Trinajstić information content (AvgIpc) is 3.29. The zero-order valence-electron chi connectivity index (χ0n) is 17.1. The highest BCUT2D eigenvalue weighted by atomic mass is 16.2. The van der Waals surface area contributed by atoms with E-state index in [-0.39, 0.29) is 24.1 Å². The topological polar surface area (TPSA) is 71.3 Å². The van der Waals surface area contributed by atoms with Crippen LogP contribution in [0.5, 0.6) is 0 Å². The van der Waals surface area contributed by atoms with Gasteiger partial charge < -0.3 is 4.90 Å². The van der Waals surface area contributed by atoms with Gasteiger partial charge in [0.2, 0.25) is 5.91 Å². The van der Waals surface area contributed by atoms with Crippen molar-refractivity contribution in [2.75, 3.05) is 24.5 Å². The molecule has 4 rings (SSSR count). The number of hydrogen-bond acceptors (Lipinski definition) is 4. The van der Waals surface area contributed by atoms with E-state index in [1.807, 2.05) is 66.4 Å². The Kier molecular flexibility index (Phi) is 5.88. The molecule has 7 nitrogen and oxygen atoms in total. The first-order valence-electron chi connectivity index (χ1n) is 10.3. The lowest BCUT2D eigenvalue weighted by Crippen LogP contribution is -2.45. The van der Waals surface area contributed by atoms with Crippen LogP contribution in [0, 0.1) is 6.92 Å². The summed E-state index contributed by atoms with van der Waals surface area (Å²) in [5.74, 6) is -0.384. The molecule has 2 amide bonds. The molecule has 1 saturated heterocycles. The van der Waals surface area contributed by atoms with E-state index < -0.39 is 0 Å². The number of aryl methyl sites for hydroxylation is 1. The van der Waals surface area contributed by atoms with E-state index in [1.54, 1.807) is 10.9 Å². The summed E-state index contributed by atoms with van der Waals surface area (Å²) in [7, 11) is 0. The summed E-state index contributed by atoms with van der Waals surface area (Å²) in [6.07, 6.45) is 4.77. The van der Waals surface area contributed by atoms with E-state index in [4.69, 9.17) is 0 Å². The van der Waals surface area contributed by atoms with Crippen molar-refractivity contribution in [1.82, 2.24) is 19.9 Å². The first-order chi connectivity index (χ1) is 14.6. The predicted molar refractivity (Wildman–Crippen MR) is 115 cm³/mol. The van der Waals surface area contributed by atoms with Gasteiger partial charge in [0.25, 0.3) is 5.91 Å². The van der Waals surface area contributed by atoms with Gasteiger partial charge in [0.05, 0.1) is 11.9 Å². The highest BCUT2D eigenvalue weighted by Crippen LogP contribution is 2.19. The molecule has 0 bridgehead atoms. The number of nitrogens with zero attached hydrogens (tertiary/aromatic N) is 5. The van der Waals surface area contributed by atoms with Crippen LogP contribution in [-0.2, 0) is 4.79 Å². The zero-order valence-corrected chi connectivity index (χ0v) is 17.1. The third-order valence-electron chi connectivity index (χ3n) is 5.33. The second-order valence-corrected chi connectivity index (χ2v) is 7.55. The lowest BCUT2D eigenvalue weighted by Gasteiger charge is -2.30. The maximum Gasteiger partial charge on any atom is 0.280 e. The van der Waals surface area contributed by atoms with E-state index in [0.717, 1.165) is 43.6 Å². The van der Waals surface area contributed by atoms with Crippen LogP contribution in [-0.4, -0.2) is 51.3 Å². The fraction of sp³-hybridized carbons (Fsp3) is 0.304. The SMILES string of the molecule is Cc1ccc(N(CC(=O)N2CCCCC2)C(=O)c2cn(-c3ccccc3)nn2)cc1. The number of para-hydroxylation sites is 1. The van der Waals surface area contributed by atoms with Crippen LogP contribution in [0.15, 0.2) is 60.8 Å². The van der Waals surface area contributed by atoms with Gasteiger partial charge in [-0.2, -0.15) is 0 Å². The van der Waals surface area contributed by atoms with Crippen molar-refractivity contribution in [3.05, 3.63) is 72.1 Å². The molecule has 0 spiro atoms. The lowest BCUT2D eigenvalue weighted by molar-refractivity contribution is -0.130. The van der Waals surface area contributed by atoms with Crippen molar-refractivity contribution in [2.45, 2.75) is 26.2 Å². The second kappa shape index (κ2) is 8.90. The molecule has 0 unspecified atom stereocenters. The number of rotatable bonds is 5. The molecule has 1 fully saturated rings. The highest BCUT2D eigenvalue weighted by Gasteiger charge is 2.26. The first kappa shape index (κ1) is 19.8. The molecule has 2 heterocycles. The summed E-state index contributed by atoms with van der Waals surface area (Å²) in [4.78, 5) is 29.6. The van der Waals surface area contributed by atoms with Gasteiger partial charge in [0, 0.05) is 18.8 Å². The van der Waals surface area contributed by atoms with Gasteiger partial charge in [-0.3, -0.25) is 14.5 Å². The van der Waals surface area contributed by atoms with E-state index in [9.17, 15) is 9.59 Å². The molecule has 0 saturated carbocycles. The normalized spacial score (nSPS) is 13.8. The molecule has 3 aromatic rings. The molecule has 0 aliphatic carbocycles. The van der Waals surface area contributed by atoms with Crippen LogP contribution in [0.1, 0.15) is 35.3 Å². The molecule has 1 aliphatic heterocycles. The summed E-state index contributed by atoms with van der Waals surface area (Å²) in [5, 5.41) is 8.16. The summed E-state index contributed by atoms with van der Waals surface area (Å²) in [6, 6.07) is 17.1. The highest BCUT2D eigenvalue weighted by molar-refractivity contribution is 6.07. The molecule has 7 heteroatoms. The van der Waals surface area contributed by atoms with Crippen molar-refractivity contribution in [2.24, 2.45) is 0 Å². The van der Waals surface area contributed by atoms with E-state index in [0.29, 0.717) is 5.69 Å². The van der Waals surface area contributed by atoms with Crippen molar-refractivity contribution in [3.8, 4) is 5.69 Å². The van der Waals surface area contributed by atoms with Crippen molar-refractivity contribution in [3.63, 3.8) is 0 Å². The van der Waals surface area contributed by atoms with Crippen LogP contribution in [0.3, 0.4) is 0 Å². The smallest absolute Gasteiger partial charge is 0.280 e. The molecular formula is C23H25N5O2. The number of aromatic nitrogens is 3. The first-order valence-corrected chi connectivity index (χ1v) is 10.3. The minimum Gasteiger partial charge on any atom is -0.341 e. The Labute approximate surface area is 175 Å². The Bertz CT molecular complexity index is 1010. The number of benzene rings is 2. The van der Waals surface area contributed by atoms with Gasteiger partial charge in [0.15, 0.2) is 5.69 Å². The summed E-state index contributed by atoms with van der Waals surface area (Å²) < 4.78 is 1.56. The second-order valence-electron chi connectivity index (χ2n) is 7.55. The summed E-state index contributed by atoms with van der Waals surface area (Å²) >= 11 is 0. The Morgan fingerprint density at radius 1 is 0.967 bits per heavy atom. The van der Waals surface area contributed by atoms with Crippen LogP contribution in [0.2, 0.25) is 0 Å². The van der Waals surface area contributed by atoms with Gasteiger partial charge in [-0.05, 0) is 50.5 Å². The number of amides is 2. The third-order valence-corrected chi connectivity index (χ3v) is 5.33. The largest absolute Gasteiger partial charge is 0.341 e. The minimum absolute atomic E-state index is 0.0138. The number of carbonyl (C=O) groups is 2. The van der Waals surface area contributed by atoms with E-state index in [2.05, 4.69) is 10.3 Å². The predicted octanol–water partition coefficient (Wildman–Crippen LogP) is 3.24. The van der Waals surface area contributed by atoms with Crippen molar-refractivity contribution >= 4 is 17.5 Å². The fourth-order valence-electron chi connectivity index (χ4n) is 3.59. The zero-order chi connectivity index (χ0) is 20.9. The van der Waals surface area contributed by atoms with Gasteiger partial charge in [0.1, 0.15) is 6.54 Å². The van der Waals surface area contributed by atoms with Gasteiger partial charge in [-0.15, -0.1) is 5.10 Å². The number of carbonyl (C=O) groups excluding carboxylic acids is 2. The Balaban J connectivity index is 1.60. The summed E-state index contributed by atoms with van der Waals surface area (Å²) in [6.45, 7) is 3.47. The van der Waals surface area contributed by atoms with Crippen molar-refractivity contribution < 1.29 is 9.59 Å². The molecule has 30 heavy (non-hydrogen) atoms. The van der Waals surface area contributed by atoms with Crippen LogP contribution in [0.4, 0.5) is 5.69 Å². The molecule has 0 atom stereocenters. The number of hydrogen-bond donors (Lipinski definition) is 0. The van der Waals surface area contributed by atoms with Gasteiger partial charge >= 0.3 is 0 Å². The monoisotopic (exact) mass is 403 g/mol. The number of anilines is 1. The quantitative estimate of drug-likeness (QED) is 0.656. The van der Waals surface area contributed by atoms with Gasteiger partial charge in [-0.1, -0.05) is 41.1 Å². The molecule has 0 radical (unpaired) electrons. The van der Waals surface area contributed by atoms with Crippen LogP contribution >= 0.6 is 0 Å². The Morgan fingerprint density at radius 2 is 1.67 bits per heavy atom. The van der Waals surface area contributed by atoms with E-state index in [1.165, 1.54) is 4.90 Å². The number of likely N-dealkylation sites (tertiary alicyclic amines) is 1. The molecule has 1 aromatic heterocycles. The molecular weight excluding hydrogens is 378 g/mol. The van der Waals surface area contributed by atoms with Crippen molar-refractivity contribution in [1.29, 1.82) is 0 Å². The number of piperidine rings is 1.